The van der Waals surface area contributed by atoms with Gasteiger partial charge < -0.3 is 19.2 Å². The van der Waals surface area contributed by atoms with Crippen molar-refractivity contribution < 1.29 is 18.7 Å². The number of nitrogens with zero attached hydrogens (tertiary/aromatic N) is 1. The number of nitriles is 1. The number of carbonyl (C=O) groups excluding carboxylic acids is 1. The Morgan fingerprint density at radius 3 is 2.62 bits per heavy atom. The minimum absolute atomic E-state index is 0.0672. The van der Waals surface area contributed by atoms with Crippen LogP contribution in [0, 0.1) is 11.3 Å². The minimum Gasteiger partial charge on any atom is -0.497 e. The normalized spacial score (nSPS) is 10.9. The van der Waals surface area contributed by atoms with Gasteiger partial charge in [-0.15, -0.1) is 0 Å². The Hall–Kier alpha value is -3.98. The van der Waals surface area contributed by atoms with Crippen LogP contribution in [0.15, 0.2) is 70.7 Å². The van der Waals surface area contributed by atoms with Crippen LogP contribution < -0.4 is 14.8 Å². The molecule has 3 aromatic rings. The fourth-order valence-electron chi connectivity index (χ4n) is 2.66. The molecule has 6 nitrogen and oxygen atoms in total. The summed E-state index contributed by atoms with van der Waals surface area (Å²) in [6.45, 7) is 2.40. The first-order valence-electron chi connectivity index (χ1n) is 9.03. The zero-order chi connectivity index (χ0) is 20.6. The van der Waals surface area contributed by atoms with Crippen LogP contribution in [0.1, 0.15) is 12.7 Å². The van der Waals surface area contributed by atoms with E-state index in [9.17, 15) is 10.1 Å². The Balaban J connectivity index is 1.75. The highest BCUT2D eigenvalue weighted by molar-refractivity contribution is 6.09. The lowest BCUT2D eigenvalue weighted by Gasteiger charge is -2.07. The minimum atomic E-state index is -0.524. The SMILES string of the molecule is CCOc1cccc(NC(=O)/C(C#N)=C/c2ccc(-c3ccc(OC)cc3)o2)c1. The molecule has 1 amide bonds. The van der Waals surface area contributed by atoms with Gasteiger partial charge in [0.1, 0.15) is 34.7 Å². The molecule has 1 aromatic heterocycles. The Morgan fingerprint density at radius 1 is 1.14 bits per heavy atom. The molecule has 0 unspecified atom stereocenters. The molecule has 0 saturated heterocycles. The predicted octanol–water partition coefficient (Wildman–Crippen LogP) is 4.90. The summed E-state index contributed by atoms with van der Waals surface area (Å²) in [6.07, 6.45) is 1.41. The fourth-order valence-corrected chi connectivity index (χ4v) is 2.66. The number of ether oxygens (including phenoxy) is 2. The first-order chi connectivity index (χ1) is 14.1. The number of methoxy groups -OCH3 is 1. The van der Waals surface area contributed by atoms with E-state index in [4.69, 9.17) is 13.9 Å². The largest absolute Gasteiger partial charge is 0.497 e. The van der Waals surface area contributed by atoms with Gasteiger partial charge in [-0.25, -0.2) is 0 Å². The Morgan fingerprint density at radius 2 is 1.93 bits per heavy atom. The van der Waals surface area contributed by atoms with Crippen molar-refractivity contribution in [2.75, 3.05) is 19.0 Å². The molecule has 3 rings (SSSR count). The standard InChI is InChI=1S/C23H20N2O4/c1-3-28-20-6-4-5-18(14-20)25-23(26)17(15-24)13-21-11-12-22(29-21)16-7-9-19(27-2)10-8-16/h4-14H,3H2,1-2H3,(H,25,26)/b17-13+. The smallest absolute Gasteiger partial charge is 0.266 e. The molecule has 1 heterocycles. The van der Waals surface area contributed by atoms with E-state index >= 15 is 0 Å². The maximum atomic E-state index is 12.5. The molecule has 0 radical (unpaired) electrons. The fraction of sp³-hybridized carbons (Fsp3) is 0.130. The van der Waals surface area contributed by atoms with Crippen LogP contribution in [0.5, 0.6) is 11.5 Å². The van der Waals surface area contributed by atoms with Crippen LogP contribution >= 0.6 is 0 Å². The summed E-state index contributed by atoms with van der Waals surface area (Å²) in [5, 5.41) is 12.1. The van der Waals surface area contributed by atoms with Gasteiger partial charge in [0.05, 0.1) is 13.7 Å². The summed E-state index contributed by atoms with van der Waals surface area (Å²) in [5.74, 6) is 1.90. The number of benzene rings is 2. The van der Waals surface area contributed by atoms with Gasteiger partial charge in [-0.2, -0.15) is 5.26 Å². The first-order valence-corrected chi connectivity index (χ1v) is 9.03. The van der Waals surface area contributed by atoms with Crippen LogP contribution in [0.25, 0.3) is 17.4 Å². The van der Waals surface area contributed by atoms with Gasteiger partial charge >= 0.3 is 0 Å². The van der Waals surface area contributed by atoms with Crippen molar-refractivity contribution in [1.82, 2.24) is 0 Å². The molecule has 0 saturated carbocycles. The quantitative estimate of drug-likeness (QED) is 0.460. The summed E-state index contributed by atoms with van der Waals surface area (Å²) in [4.78, 5) is 12.5. The summed E-state index contributed by atoms with van der Waals surface area (Å²) in [6, 6.07) is 19.8. The van der Waals surface area contributed by atoms with Crippen molar-refractivity contribution >= 4 is 17.7 Å². The van der Waals surface area contributed by atoms with E-state index in [-0.39, 0.29) is 5.57 Å². The van der Waals surface area contributed by atoms with Gasteiger partial charge in [0.15, 0.2) is 0 Å². The number of furan rings is 1. The van der Waals surface area contributed by atoms with Crippen molar-refractivity contribution in [2.24, 2.45) is 0 Å². The number of anilines is 1. The van der Waals surface area contributed by atoms with Crippen LogP contribution in [0.2, 0.25) is 0 Å². The second-order valence-corrected chi connectivity index (χ2v) is 6.02. The van der Waals surface area contributed by atoms with Gasteiger partial charge in [-0.1, -0.05) is 6.07 Å². The molecule has 146 valence electrons. The highest BCUT2D eigenvalue weighted by Gasteiger charge is 2.12. The number of amides is 1. The molecule has 0 fully saturated rings. The molecule has 6 heteroatoms. The van der Waals surface area contributed by atoms with Gasteiger partial charge in [-0.3, -0.25) is 4.79 Å². The highest BCUT2D eigenvalue weighted by atomic mass is 16.5. The maximum absolute atomic E-state index is 12.5. The number of nitrogens with one attached hydrogen (secondary N) is 1. The first kappa shape index (κ1) is 19.8. The van der Waals surface area contributed by atoms with E-state index in [0.29, 0.717) is 29.6 Å². The van der Waals surface area contributed by atoms with Crippen molar-refractivity contribution in [2.45, 2.75) is 6.92 Å². The maximum Gasteiger partial charge on any atom is 0.266 e. The topological polar surface area (TPSA) is 84.5 Å². The average Bonchev–Trinajstić information content (AvgIpc) is 3.21. The van der Waals surface area contributed by atoms with Crippen LogP contribution in [0.3, 0.4) is 0 Å². The lowest BCUT2D eigenvalue weighted by atomic mass is 10.2. The van der Waals surface area contributed by atoms with Crippen LogP contribution in [-0.2, 0) is 4.79 Å². The Labute approximate surface area is 169 Å². The third-order valence-corrected chi connectivity index (χ3v) is 4.06. The molecule has 0 atom stereocenters. The number of hydrogen-bond donors (Lipinski definition) is 1. The van der Waals surface area contributed by atoms with E-state index in [1.54, 1.807) is 43.5 Å². The molecule has 2 aromatic carbocycles. The average molecular weight is 388 g/mol. The van der Waals surface area contributed by atoms with Crippen molar-refractivity contribution in [3.05, 3.63) is 72.0 Å². The van der Waals surface area contributed by atoms with Gasteiger partial charge in [-0.05, 0) is 55.5 Å². The molecule has 0 spiro atoms. The molecular weight excluding hydrogens is 368 g/mol. The molecule has 1 N–H and O–H groups in total. The third kappa shape index (κ3) is 5.05. The summed E-state index contributed by atoms with van der Waals surface area (Å²) in [5.41, 5.74) is 1.34. The summed E-state index contributed by atoms with van der Waals surface area (Å²) < 4.78 is 16.3. The molecule has 0 bridgehead atoms. The van der Waals surface area contributed by atoms with E-state index < -0.39 is 5.91 Å². The van der Waals surface area contributed by atoms with Crippen LogP contribution in [0.4, 0.5) is 5.69 Å². The second kappa shape index (κ2) is 9.29. The Kier molecular flexibility index (Phi) is 6.33. The van der Waals surface area contributed by atoms with E-state index in [1.807, 2.05) is 37.3 Å². The summed E-state index contributed by atoms with van der Waals surface area (Å²) >= 11 is 0. The van der Waals surface area contributed by atoms with Crippen molar-refractivity contribution in [3.8, 4) is 28.9 Å². The van der Waals surface area contributed by atoms with Crippen molar-refractivity contribution in [1.29, 1.82) is 5.26 Å². The zero-order valence-corrected chi connectivity index (χ0v) is 16.1. The van der Waals surface area contributed by atoms with Crippen LogP contribution in [-0.4, -0.2) is 19.6 Å². The zero-order valence-electron chi connectivity index (χ0n) is 16.1. The highest BCUT2D eigenvalue weighted by Crippen LogP contribution is 2.25. The lowest BCUT2D eigenvalue weighted by molar-refractivity contribution is -0.112. The van der Waals surface area contributed by atoms with Gasteiger partial charge in [0, 0.05) is 23.4 Å². The van der Waals surface area contributed by atoms with E-state index in [2.05, 4.69) is 5.32 Å². The van der Waals surface area contributed by atoms with Crippen molar-refractivity contribution in [3.63, 3.8) is 0 Å². The summed E-state index contributed by atoms with van der Waals surface area (Å²) in [7, 11) is 1.60. The van der Waals surface area contributed by atoms with E-state index in [1.165, 1.54) is 6.08 Å². The third-order valence-electron chi connectivity index (χ3n) is 4.06. The molecular formula is C23H20N2O4. The van der Waals surface area contributed by atoms with Gasteiger partial charge in [0.2, 0.25) is 0 Å². The number of hydrogen-bond acceptors (Lipinski definition) is 5. The number of carbonyl (C=O) groups is 1. The second-order valence-electron chi connectivity index (χ2n) is 6.02. The van der Waals surface area contributed by atoms with Gasteiger partial charge in [0.25, 0.3) is 5.91 Å². The molecule has 0 aliphatic carbocycles. The molecule has 29 heavy (non-hydrogen) atoms. The number of rotatable bonds is 7. The van der Waals surface area contributed by atoms with E-state index in [0.717, 1.165) is 11.3 Å². The molecule has 0 aliphatic heterocycles. The monoisotopic (exact) mass is 388 g/mol. The Bertz CT molecular complexity index is 1060. The molecule has 0 aliphatic rings. The lowest BCUT2D eigenvalue weighted by Crippen LogP contribution is -2.13. The predicted molar refractivity (Wildman–Crippen MR) is 111 cm³/mol.